The number of ketones is 1. The quantitative estimate of drug-likeness (QED) is 0.872. The smallest absolute Gasteiger partial charge is 0.290 e. The van der Waals surface area contributed by atoms with Gasteiger partial charge in [0, 0.05) is 5.92 Å². The summed E-state index contributed by atoms with van der Waals surface area (Å²) in [5.74, 6) is -1.17. The highest BCUT2D eigenvalue weighted by Crippen LogP contribution is 2.40. The molecule has 1 aliphatic rings. The Morgan fingerprint density at radius 2 is 1.88 bits per heavy atom. The summed E-state index contributed by atoms with van der Waals surface area (Å²) in [6, 6.07) is 8.94. The molecule has 0 saturated heterocycles. The van der Waals surface area contributed by atoms with Gasteiger partial charge in [0.15, 0.2) is 11.5 Å². The van der Waals surface area contributed by atoms with Crippen LogP contribution in [0.25, 0.3) is 0 Å². The van der Waals surface area contributed by atoms with Crippen molar-refractivity contribution in [1.82, 2.24) is 4.90 Å². The van der Waals surface area contributed by atoms with Crippen LogP contribution in [0.1, 0.15) is 31.2 Å². The molecule has 1 atom stereocenters. The maximum absolute atomic E-state index is 12.6. The predicted octanol–water partition coefficient (Wildman–Crippen LogP) is 3.11. The predicted molar refractivity (Wildman–Crippen MR) is 89.6 cm³/mol. The molecule has 6 heteroatoms. The number of aliphatic hydroxyl groups is 1. The van der Waals surface area contributed by atoms with Crippen molar-refractivity contribution in [2.75, 3.05) is 0 Å². The van der Waals surface area contributed by atoms with Crippen molar-refractivity contribution in [3.8, 4) is 5.75 Å². The summed E-state index contributed by atoms with van der Waals surface area (Å²) in [5.41, 5.74) is 0.711. The fourth-order valence-corrected chi connectivity index (χ4v) is 2.95. The van der Waals surface area contributed by atoms with E-state index in [2.05, 4.69) is 0 Å². The second kappa shape index (κ2) is 6.47. The zero-order valence-corrected chi connectivity index (χ0v) is 14.0. The largest absolute Gasteiger partial charge is 0.508 e. The summed E-state index contributed by atoms with van der Waals surface area (Å²) in [5, 5.41) is 19.9. The van der Waals surface area contributed by atoms with Crippen LogP contribution in [0.2, 0.25) is 0 Å². The van der Waals surface area contributed by atoms with Crippen LogP contribution in [0.5, 0.6) is 5.75 Å². The van der Waals surface area contributed by atoms with Gasteiger partial charge in [-0.3, -0.25) is 9.59 Å². The lowest BCUT2D eigenvalue weighted by Crippen LogP contribution is -2.31. The van der Waals surface area contributed by atoms with Crippen molar-refractivity contribution in [2.24, 2.45) is 5.92 Å². The van der Waals surface area contributed by atoms with Gasteiger partial charge in [0.1, 0.15) is 11.5 Å². The molecule has 3 rings (SSSR count). The van der Waals surface area contributed by atoms with Gasteiger partial charge >= 0.3 is 0 Å². The van der Waals surface area contributed by atoms with Gasteiger partial charge in [-0.2, -0.15) is 0 Å². The molecular formula is C19H19NO5. The van der Waals surface area contributed by atoms with E-state index < -0.39 is 17.7 Å². The first-order valence-corrected chi connectivity index (χ1v) is 7.99. The van der Waals surface area contributed by atoms with Crippen LogP contribution in [0.4, 0.5) is 0 Å². The minimum absolute atomic E-state index is 0.0793. The number of hydrogen-bond donors (Lipinski definition) is 2. The molecule has 0 aliphatic carbocycles. The van der Waals surface area contributed by atoms with Crippen LogP contribution in [0.3, 0.4) is 0 Å². The zero-order chi connectivity index (χ0) is 18.1. The molecule has 25 heavy (non-hydrogen) atoms. The molecular weight excluding hydrogens is 322 g/mol. The third-order valence-electron chi connectivity index (χ3n) is 4.21. The van der Waals surface area contributed by atoms with Gasteiger partial charge in [-0.15, -0.1) is 0 Å². The van der Waals surface area contributed by atoms with Gasteiger partial charge in [0.25, 0.3) is 5.91 Å². The highest BCUT2D eigenvalue weighted by atomic mass is 16.3. The third-order valence-corrected chi connectivity index (χ3v) is 4.21. The molecule has 1 aromatic carbocycles. The first kappa shape index (κ1) is 16.8. The van der Waals surface area contributed by atoms with E-state index in [1.54, 1.807) is 38.1 Å². The van der Waals surface area contributed by atoms with Crippen molar-refractivity contribution < 1.29 is 24.2 Å². The summed E-state index contributed by atoms with van der Waals surface area (Å²) in [7, 11) is 0. The number of Topliss-reactive ketones (excluding diaryl/α,β-unsaturated/α-hetero) is 1. The molecule has 0 fully saturated rings. The normalized spacial score (nSPS) is 17.6. The Morgan fingerprint density at radius 1 is 1.20 bits per heavy atom. The Labute approximate surface area is 145 Å². The summed E-state index contributed by atoms with van der Waals surface area (Å²) < 4.78 is 5.31. The standard InChI is InChI=1S/C19H19NO5/c1-11(2)17(22)15-16(12-5-7-13(21)8-6-12)20(19(24)18(15)23)10-14-4-3-9-25-14/h3-9,11,16,21,23H,10H2,1-2H3. The number of nitrogens with zero attached hydrogens (tertiary/aromatic N) is 1. The molecule has 6 nitrogen and oxygen atoms in total. The van der Waals surface area contributed by atoms with E-state index in [-0.39, 0.29) is 29.6 Å². The molecule has 2 N–H and O–H groups in total. The third kappa shape index (κ3) is 3.03. The number of carbonyl (C=O) groups excluding carboxylic acids is 2. The molecule has 2 aromatic rings. The van der Waals surface area contributed by atoms with Crippen molar-refractivity contribution in [3.63, 3.8) is 0 Å². The lowest BCUT2D eigenvalue weighted by molar-refractivity contribution is -0.130. The Bertz CT molecular complexity index is 818. The van der Waals surface area contributed by atoms with Gasteiger partial charge in [-0.25, -0.2) is 0 Å². The number of furan rings is 1. The molecule has 1 aromatic heterocycles. The minimum Gasteiger partial charge on any atom is -0.508 e. The van der Waals surface area contributed by atoms with Crippen molar-refractivity contribution in [2.45, 2.75) is 26.4 Å². The molecule has 0 spiro atoms. The van der Waals surface area contributed by atoms with Crippen molar-refractivity contribution >= 4 is 11.7 Å². The van der Waals surface area contributed by atoms with Crippen LogP contribution in [0.15, 0.2) is 58.4 Å². The molecule has 0 radical (unpaired) electrons. The Balaban J connectivity index is 2.07. The maximum atomic E-state index is 12.6. The first-order chi connectivity index (χ1) is 11.9. The molecule has 1 aliphatic heterocycles. The van der Waals surface area contributed by atoms with Crippen LogP contribution < -0.4 is 0 Å². The lowest BCUT2D eigenvalue weighted by atomic mass is 9.91. The van der Waals surface area contributed by atoms with Gasteiger partial charge < -0.3 is 19.5 Å². The van der Waals surface area contributed by atoms with Gasteiger partial charge in [-0.05, 0) is 29.8 Å². The molecule has 1 amide bonds. The number of aliphatic hydroxyl groups excluding tert-OH is 1. The summed E-state index contributed by atoms with van der Waals surface area (Å²) in [6.45, 7) is 3.56. The molecule has 1 unspecified atom stereocenters. The number of aromatic hydroxyl groups is 1. The van der Waals surface area contributed by atoms with Crippen LogP contribution >= 0.6 is 0 Å². The van der Waals surface area contributed by atoms with E-state index in [0.29, 0.717) is 11.3 Å². The summed E-state index contributed by atoms with van der Waals surface area (Å²) in [4.78, 5) is 26.6. The van der Waals surface area contributed by atoms with E-state index in [0.717, 1.165) is 0 Å². The lowest BCUT2D eigenvalue weighted by Gasteiger charge is -2.26. The number of carbonyl (C=O) groups is 2. The number of phenols is 1. The Hall–Kier alpha value is -3.02. The fourth-order valence-electron chi connectivity index (χ4n) is 2.95. The van der Waals surface area contributed by atoms with E-state index in [9.17, 15) is 19.8 Å². The van der Waals surface area contributed by atoms with Crippen molar-refractivity contribution in [3.05, 3.63) is 65.3 Å². The van der Waals surface area contributed by atoms with Crippen LogP contribution in [-0.2, 0) is 16.1 Å². The molecule has 130 valence electrons. The number of hydrogen-bond acceptors (Lipinski definition) is 5. The molecule has 0 saturated carbocycles. The second-order valence-electron chi connectivity index (χ2n) is 6.29. The zero-order valence-electron chi connectivity index (χ0n) is 14.0. The van der Waals surface area contributed by atoms with Gasteiger partial charge in [0.2, 0.25) is 0 Å². The molecule has 2 heterocycles. The average Bonchev–Trinajstić information content (AvgIpc) is 3.17. The second-order valence-corrected chi connectivity index (χ2v) is 6.29. The summed E-state index contributed by atoms with van der Waals surface area (Å²) in [6.07, 6.45) is 1.50. The van der Waals surface area contributed by atoms with Gasteiger partial charge in [-0.1, -0.05) is 26.0 Å². The van der Waals surface area contributed by atoms with E-state index >= 15 is 0 Å². The maximum Gasteiger partial charge on any atom is 0.290 e. The summed E-state index contributed by atoms with van der Waals surface area (Å²) >= 11 is 0. The number of benzene rings is 1. The van der Waals surface area contributed by atoms with Crippen molar-refractivity contribution in [1.29, 1.82) is 0 Å². The number of amides is 1. The van der Waals surface area contributed by atoms with Gasteiger partial charge in [0.05, 0.1) is 24.4 Å². The molecule has 0 bridgehead atoms. The van der Waals surface area contributed by atoms with E-state index in [1.165, 1.54) is 23.3 Å². The highest BCUT2D eigenvalue weighted by molar-refractivity contribution is 6.09. The topological polar surface area (TPSA) is 91.0 Å². The Morgan fingerprint density at radius 3 is 2.44 bits per heavy atom. The SMILES string of the molecule is CC(C)C(=O)C1=C(O)C(=O)N(Cc2ccco2)C1c1ccc(O)cc1. The highest BCUT2D eigenvalue weighted by Gasteiger charge is 2.44. The fraction of sp³-hybridized carbons (Fsp3) is 0.263. The number of rotatable bonds is 5. The minimum atomic E-state index is -0.729. The monoisotopic (exact) mass is 341 g/mol. The number of phenolic OH excluding ortho intramolecular Hbond substituents is 1. The average molecular weight is 341 g/mol. The Kier molecular flexibility index (Phi) is 4.35. The van der Waals surface area contributed by atoms with E-state index in [4.69, 9.17) is 4.42 Å². The van der Waals surface area contributed by atoms with Crippen LogP contribution in [-0.4, -0.2) is 26.8 Å². The first-order valence-electron chi connectivity index (χ1n) is 7.99. The van der Waals surface area contributed by atoms with Crippen LogP contribution in [0, 0.1) is 5.92 Å². The van der Waals surface area contributed by atoms with E-state index in [1.807, 2.05) is 0 Å².